The quantitative estimate of drug-likeness (QED) is 0.723. The van der Waals surface area contributed by atoms with Crippen molar-refractivity contribution in [1.82, 2.24) is 4.98 Å². The van der Waals surface area contributed by atoms with Gasteiger partial charge in [-0.15, -0.1) is 0 Å². The third-order valence-corrected chi connectivity index (χ3v) is 3.92. The maximum absolute atomic E-state index is 4.41. The second kappa shape index (κ2) is 3.09. The Balaban J connectivity index is 2.22. The number of halogens is 1. The Hall–Kier alpha value is -0.370. The molecule has 1 aliphatic carbocycles. The zero-order valence-corrected chi connectivity index (χ0v) is 9.58. The van der Waals surface area contributed by atoms with E-state index < -0.39 is 0 Å². The lowest BCUT2D eigenvalue weighted by atomic mass is 10.1. The minimum absolute atomic E-state index is 0.428. The zero-order chi connectivity index (χ0) is 9.47. The topological polar surface area (TPSA) is 12.9 Å². The number of alkyl halides is 1. The van der Waals surface area contributed by atoms with Gasteiger partial charge in [-0.1, -0.05) is 35.8 Å². The van der Waals surface area contributed by atoms with Gasteiger partial charge in [-0.25, -0.2) is 0 Å². The molecule has 1 saturated carbocycles. The molecular formula is C11H14BrN. The van der Waals surface area contributed by atoms with Crippen LogP contribution >= 0.6 is 15.9 Å². The first-order chi connectivity index (χ1) is 6.18. The van der Waals surface area contributed by atoms with Gasteiger partial charge in [0, 0.05) is 23.1 Å². The maximum atomic E-state index is 4.41. The summed E-state index contributed by atoms with van der Waals surface area (Å²) in [4.78, 5) is 4.41. The van der Waals surface area contributed by atoms with Gasteiger partial charge in [0.15, 0.2) is 0 Å². The Morgan fingerprint density at radius 3 is 2.69 bits per heavy atom. The Morgan fingerprint density at radius 1 is 1.46 bits per heavy atom. The fourth-order valence-corrected chi connectivity index (χ4v) is 3.39. The molecule has 0 amide bonds. The Morgan fingerprint density at radius 2 is 2.23 bits per heavy atom. The monoisotopic (exact) mass is 239 g/mol. The lowest BCUT2D eigenvalue weighted by Crippen LogP contribution is -1.92. The second-order valence-corrected chi connectivity index (χ2v) is 4.96. The van der Waals surface area contributed by atoms with Crippen molar-refractivity contribution in [3.05, 3.63) is 30.1 Å². The van der Waals surface area contributed by atoms with Crippen LogP contribution in [-0.2, 0) is 0 Å². The van der Waals surface area contributed by atoms with Gasteiger partial charge in [0.25, 0.3) is 0 Å². The van der Waals surface area contributed by atoms with E-state index in [0.29, 0.717) is 11.3 Å². The summed E-state index contributed by atoms with van der Waals surface area (Å²) in [5.74, 6) is 1.40. The molecule has 0 spiro atoms. The molecule has 0 bridgehead atoms. The van der Waals surface area contributed by atoms with E-state index in [1.54, 1.807) is 0 Å². The number of pyridine rings is 1. The molecule has 13 heavy (non-hydrogen) atoms. The van der Waals surface area contributed by atoms with Crippen molar-refractivity contribution >= 4 is 15.9 Å². The summed E-state index contributed by atoms with van der Waals surface area (Å²) >= 11 is 3.56. The zero-order valence-electron chi connectivity index (χ0n) is 8.00. The van der Waals surface area contributed by atoms with E-state index in [-0.39, 0.29) is 0 Å². The van der Waals surface area contributed by atoms with Crippen LogP contribution in [0.25, 0.3) is 0 Å². The fourth-order valence-electron chi connectivity index (χ4n) is 2.18. The SMILES string of the molecule is CC1(C)C(CBr)C1c1ccccn1. The van der Waals surface area contributed by atoms with Crippen molar-refractivity contribution in [2.24, 2.45) is 11.3 Å². The van der Waals surface area contributed by atoms with Crippen LogP contribution in [0.4, 0.5) is 0 Å². The highest BCUT2D eigenvalue weighted by molar-refractivity contribution is 9.09. The van der Waals surface area contributed by atoms with Crippen molar-refractivity contribution in [3.8, 4) is 0 Å². The van der Waals surface area contributed by atoms with E-state index in [2.05, 4.69) is 46.9 Å². The third-order valence-electron chi connectivity index (χ3n) is 3.22. The van der Waals surface area contributed by atoms with E-state index in [0.717, 1.165) is 11.2 Å². The third kappa shape index (κ3) is 1.41. The summed E-state index contributed by atoms with van der Waals surface area (Å²) in [5, 5.41) is 1.08. The smallest absolute Gasteiger partial charge is 0.0443 e. The average molecular weight is 240 g/mol. The molecule has 0 aliphatic heterocycles. The number of hydrogen-bond donors (Lipinski definition) is 0. The predicted octanol–water partition coefficient (Wildman–Crippen LogP) is 3.22. The van der Waals surface area contributed by atoms with Crippen LogP contribution in [0.15, 0.2) is 24.4 Å². The van der Waals surface area contributed by atoms with Gasteiger partial charge < -0.3 is 0 Å². The largest absolute Gasteiger partial charge is 0.261 e. The summed E-state index contributed by atoms with van der Waals surface area (Å²) < 4.78 is 0. The lowest BCUT2D eigenvalue weighted by Gasteiger charge is -2.00. The Bertz CT molecular complexity index is 294. The van der Waals surface area contributed by atoms with E-state index >= 15 is 0 Å². The molecule has 0 aromatic carbocycles. The van der Waals surface area contributed by atoms with Gasteiger partial charge in [-0.05, 0) is 23.5 Å². The predicted molar refractivity (Wildman–Crippen MR) is 58.0 cm³/mol. The van der Waals surface area contributed by atoms with Crippen molar-refractivity contribution in [2.45, 2.75) is 19.8 Å². The van der Waals surface area contributed by atoms with Gasteiger partial charge in [0.2, 0.25) is 0 Å². The highest BCUT2D eigenvalue weighted by atomic mass is 79.9. The van der Waals surface area contributed by atoms with E-state index in [1.807, 2.05) is 12.3 Å². The molecule has 1 nitrogen and oxygen atoms in total. The van der Waals surface area contributed by atoms with Crippen LogP contribution < -0.4 is 0 Å². The van der Waals surface area contributed by atoms with Crippen molar-refractivity contribution in [1.29, 1.82) is 0 Å². The van der Waals surface area contributed by atoms with Crippen molar-refractivity contribution < 1.29 is 0 Å². The molecule has 70 valence electrons. The summed E-state index contributed by atoms with van der Waals surface area (Å²) in [6, 6.07) is 6.18. The van der Waals surface area contributed by atoms with Crippen molar-refractivity contribution in [3.63, 3.8) is 0 Å². The lowest BCUT2D eigenvalue weighted by molar-refractivity contribution is 0.577. The van der Waals surface area contributed by atoms with Crippen LogP contribution in [0.3, 0.4) is 0 Å². The van der Waals surface area contributed by atoms with Gasteiger partial charge in [0.1, 0.15) is 0 Å². The minimum Gasteiger partial charge on any atom is -0.261 e. The molecule has 0 radical (unpaired) electrons. The number of hydrogen-bond acceptors (Lipinski definition) is 1. The molecule has 2 atom stereocenters. The first-order valence-corrected chi connectivity index (χ1v) is 5.77. The molecule has 1 aliphatic rings. The van der Waals surface area contributed by atoms with E-state index in [9.17, 15) is 0 Å². The van der Waals surface area contributed by atoms with E-state index in [4.69, 9.17) is 0 Å². The summed E-state index contributed by atoms with van der Waals surface area (Å²) in [7, 11) is 0. The van der Waals surface area contributed by atoms with Crippen molar-refractivity contribution in [2.75, 3.05) is 5.33 Å². The summed E-state index contributed by atoms with van der Waals surface area (Å²) in [5.41, 5.74) is 1.68. The van der Waals surface area contributed by atoms with Crippen LogP contribution in [0.1, 0.15) is 25.5 Å². The highest BCUT2D eigenvalue weighted by Crippen LogP contribution is 2.64. The second-order valence-electron chi connectivity index (χ2n) is 4.31. The Kier molecular flexibility index (Phi) is 2.18. The van der Waals surface area contributed by atoms with E-state index in [1.165, 1.54) is 5.69 Å². The van der Waals surface area contributed by atoms with Gasteiger partial charge >= 0.3 is 0 Å². The number of aromatic nitrogens is 1. The first kappa shape index (κ1) is 9.20. The number of rotatable bonds is 2. The number of nitrogens with zero attached hydrogens (tertiary/aromatic N) is 1. The molecule has 2 heteroatoms. The maximum Gasteiger partial charge on any atom is 0.0443 e. The van der Waals surface area contributed by atoms with Gasteiger partial charge in [-0.2, -0.15) is 0 Å². The Labute approximate surface area is 87.7 Å². The highest BCUT2D eigenvalue weighted by Gasteiger charge is 2.57. The first-order valence-electron chi connectivity index (χ1n) is 4.65. The molecule has 2 unspecified atom stereocenters. The van der Waals surface area contributed by atoms with Crippen LogP contribution in [0.5, 0.6) is 0 Å². The molecule has 0 N–H and O–H groups in total. The molecule has 1 aromatic rings. The molecule has 1 fully saturated rings. The molecule has 2 rings (SSSR count). The fraction of sp³-hybridized carbons (Fsp3) is 0.545. The van der Waals surface area contributed by atoms with Gasteiger partial charge in [0.05, 0.1) is 0 Å². The normalized spacial score (nSPS) is 30.1. The van der Waals surface area contributed by atoms with Crippen LogP contribution in [-0.4, -0.2) is 10.3 Å². The minimum atomic E-state index is 0.428. The molecule has 1 heterocycles. The molecule has 0 saturated heterocycles. The van der Waals surface area contributed by atoms with Crippen LogP contribution in [0.2, 0.25) is 0 Å². The summed E-state index contributed by atoms with van der Waals surface area (Å²) in [6.07, 6.45) is 1.88. The summed E-state index contributed by atoms with van der Waals surface area (Å²) in [6.45, 7) is 4.64. The molecular weight excluding hydrogens is 226 g/mol. The average Bonchev–Trinajstić information content (AvgIpc) is 2.69. The van der Waals surface area contributed by atoms with Gasteiger partial charge in [-0.3, -0.25) is 4.98 Å². The molecule has 1 aromatic heterocycles. The standard InChI is InChI=1S/C11H14BrN/c1-11(2)8(7-12)10(11)9-5-3-4-6-13-9/h3-6,8,10H,7H2,1-2H3. The van der Waals surface area contributed by atoms with Crippen LogP contribution in [0, 0.1) is 11.3 Å².